The number of benzene rings is 3. The second kappa shape index (κ2) is 8.91. The summed E-state index contributed by atoms with van der Waals surface area (Å²) in [7, 11) is 0. The lowest BCUT2D eigenvalue weighted by Gasteiger charge is -2.40. The van der Waals surface area contributed by atoms with Crippen LogP contribution in [0.3, 0.4) is 0 Å². The number of nitrogens with one attached hydrogen (secondary N) is 1. The number of amides is 1. The lowest BCUT2D eigenvalue weighted by molar-refractivity contribution is -0.118. The summed E-state index contributed by atoms with van der Waals surface area (Å²) >= 11 is 0. The van der Waals surface area contributed by atoms with Crippen LogP contribution < -0.4 is 15.0 Å². The highest BCUT2D eigenvalue weighted by Gasteiger charge is 2.59. The Morgan fingerprint density at radius 1 is 1.05 bits per heavy atom. The number of carbonyl (C=O) groups excluding carboxylic acids is 1. The summed E-state index contributed by atoms with van der Waals surface area (Å²) in [5.74, 6) is 0.862. The van der Waals surface area contributed by atoms with Gasteiger partial charge in [-0.3, -0.25) is 4.79 Å². The zero-order chi connectivity index (χ0) is 26.5. The molecule has 192 valence electrons. The van der Waals surface area contributed by atoms with Crippen LogP contribution in [0.15, 0.2) is 85.1 Å². The Morgan fingerprint density at radius 3 is 2.55 bits per heavy atom. The van der Waals surface area contributed by atoms with Gasteiger partial charge < -0.3 is 15.0 Å². The molecule has 1 amide bonds. The van der Waals surface area contributed by atoms with Crippen molar-refractivity contribution >= 4 is 17.7 Å². The molecule has 3 heterocycles. The van der Waals surface area contributed by atoms with Crippen LogP contribution in [0.2, 0.25) is 0 Å². The van der Waals surface area contributed by atoms with Crippen LogP contribution in [0.4, 0.5) is 5.69 Å². The SMILES string of the molecule is CCOc1ccc(-c2nn(-c3ccccc3)cc2/C=C/[C@@]23NC(=O)CN2c2ccc(C)cc2C3(C)C)cc1. The number of hydrogen-bond acceptors (Lipinski definition) is 4. The molecule has 2 aliphatic heterocycles. The van der Waals surface area contributed by atoms with Crippen LogP contribution in [0.1, 0.15) is 37.5 Å². The maximum atomic E-state index is 12.8. The Balaban J connectivity index is 1.46. The molecule has 0 spiro atoms. The third-order valence-electron chi connectivity index (χ3n) is 7.83. The van der Waals surface area contributed by atoms with E-state index in [1.165, 1.54) is 11.1 Å². The fraction of sp³-hybridized carbons (Fsp3) is 0.250. The van der Waals surface area contributed by atoms with Crippen molar-refractivity contribution in [1.29, 1.82) is 0 Å². The van der Waals surface area contributed by atoms with Crippen molar-refractivity contribution in [3.05, 3.63) is 102 Å². The Kier molecular flexibility index (Phi) is 5.64. The topological polar surface area (TPSA) is 59.4 Å². The smallest absolute Gasteiger partial charge is 0.241 e. The Hall–Kier alpha value is -4.32. The van der Waals surface area contributed by atoms with Gasteiger partial charge in [0.05, 0.1) is 24.5 Å². The highest BCUT2D eigenvalue weighted by atomic mass is 16.5. The number of fused-ring (bicyclic) bond motifs is 3. The van der Waals surface area contributed by atoms with E-state index in [0.717, 1.165) is 33.9 Å². The molecule has 1 aromatic heterocycles. The van der Waals surface area contributed by atoms with E-state index in [9.17, 15) is 4.79 Å². The van der Waals surface area contributed by atoms with Crippen molar-refractivity contribution in [2.45, 2.75) is 38.8 Å². The van der Waals surface area contributed by atoms with E-state index in [4.69, 9.17) is 9.84 Å². The van der Waals surface area contributed by atoms with E-state index in [-0.39, 0.29) is 11.3 Å². The first-order valence-corrected chi connectivity index (χ1v) is 13.1. The molecule has 6 heteroatoms. The summed E-state index contributed by atoms with van der Waals surface area (Å²) in [6, 6.07) is 24.6. The number of rotatable bonds is 6. The number of hydrogen-bond donors (Lipinski definition) is 1. The number of anilines is 1. The highest BCUT2D eigenvalue weighted by molar-refractivity contribution is 5.92. The van der Waals surface area contributed by atoms with Crippen LogP contribution >= 0.6 is 0 Å². The first kappa shape index (κ1) is 24.0. The van der Waals surface area contributed by atoms with Gasteiger partial charge >= 0.3 is 0 Å². The van der Waals surface area contributed by atoms with Gasteiger partial charge in [0.15, 0.2) is 0 Å². The van der Waals surface area contributed by atoms with Gasteiger partial charge in [-0.1, -0.05) is 55.8 Å². The summed E-state index contributed by atoms with van der Waals surface area (Å²) in [5.41, 5.74) is 6.36. The number of carbonyl (C=O) groups is 1. The first-order chi connectivity index (χ1) is 18.3. The Labute approximate surface area is 223 Å². The van der Waals surface area contributed by atoms with E-state index in [1.807, 2.05) is 66.2 Å². The molecule has 38 heavy (non-hydrogen) atoms. The number of nitrogens with zero attached hydrogens (tertiary/aromatic N) is 3. The van der Waals surface area contributed by atoms with E-state index >= 15 is 0 Å². The van der Waals surface area contributed by atoms with Crippen molar-refractivity contribution in [1.82, 2.24) is 15.1 Å². The summed E-state index contributed by atoms with van der Waals surface area (Å²) in [4.78, 5) is 15.0. The average Bonchev–Trinajstić information content (AvgIpc) is 3.54. The van der Waals surface area contributed by atoms with Gasteiger partial charge in [0.1, 0.15) is 11.4 Å². The minimum Gasteiger partial charge on any atom is -0.494 e. The van der Waals surface area contributed by atoms with E-state index in [0.29, 0.717) is 13.2 Å². The van der Waals surface area contributed by atoms with E-state index < -0.39 is 5.66 Å². The monoisotopic (exact) mass is 504 g/mol. The Bertz CT molecular complexity index is 1540. The zero-order valence-electron chi connectivity index (χ0n) is 22.2. The minimum atomic E-state index is -0.675. The molecule has 1 N–H and O–H groups in total. The van der Waals surface area contributed by atoms with Gasteiger partial charge in [-0.05, 0) is 68.0 Å². The lowest BCUT2D eigenvalue weighted by Crippen LogP contribution is -2.58. The number of aryl methyl sites for hydroxylation is 1. The Morgan fingerprint density at radius 2 is 1.82 bits per heavy atom. The molecule has 2 aliphatic rings. The third kappa shape index (κ3) is 3.71. The molecular formula is C32H32N4O2. The number of para-hydroxylation sites is 1. The molecule has 1 fully saturated rings. The van der Waals surface area contributed by atoms with Crippen LogP contribution in [0, 0.1) is 6.92 Å². The highest BCUT2D eigenvalue weighted by Crippen LogP contribution is 2.53. The van der Waals surface area contributed by atoms with Crippen molar-refractivity contribution < 1.29 is 9.53 Å². The fourth-order valence-electron chi connectivity index (χ4n) is 5.82. The summed E-state index contributed by atoms with van der Waals surface area (Å²) in [6.45, 7) is 9.47. The molecule has 3 aromatic carbocycles. The number of ether oxygens (including phenoxy) is 1. The van der Waals surface area contributed by atoms with Gasteiger partial charge in [-0.2, -0.15) is 5.10 Å². The minimum absolute atomic E-state index is 0.0284. The summed E-state index contributed by atoms with van der Waals surface area (Å²) in [5, 5.41) is 8.31. The molecule has 0 bridgehead atoms. The van der Waals surface area contributed by atoms with Gasteiger partial charge in [0, 0.05) is 28.4 Å². The largest absolute Gasteiger partial charge is 0.494 e. The molecule has 6 nitrogen and oxygen atoms in total. The quantitative estimate of drug-likeness (QED) is 0.356. The lowest BCUT2D eigenvalue weighted by atomic mass is 9.75. The van der Waals surface area contributed by atoms with Gasteiger partial charge in [-0.25, -0.2) is 4.68 Å². The van der Waals surface area contributed by atoms with Crippen molar-refractivity contribution in [3.63, 3.8) is 0 Å². The predicted octanol–water partition coefficient (Wildman–Crippen LogP) is 5.88. The van der Waals surface area contributed by atoms with Crippen LogP contribution in [-0.4, -0.2) is 34.5 Å². The molecule has 0 aliphatic carbocycles. The van der Waals surface area contributed by atoms with Crippen molar-refractivity contribution in [2.24, 2.45) is 0 Å². The van der Waals surface area contributed by atoms with Crippen molar-refractivity contribution in [2.75, 3.05) is 18.1 Å². The van der Waals surface area contributed by atoms with Crippen molar-refractivity contribution in [3.8, 4) is 22.7 Å². The summed E-state index contributed by atoms with van der Waals surface area (Å²) in [6.07, 6.45) is 6.31. The standard InChI is InChI=1S/C32H32N4O2/c1-5-38-26-14-12-23(13-15-26)30-24(20-36(34-30)25-9-7-6-8-10-25)17-18-32-31(3,4)27-19-22(2)11-16-28(27)35(32)21-29(37)33-32/h6-20H,5,21H2,1-4H3,(H,33,37)/b18-17+/t32-/m1/s1. The normalized spacial score (nSPS) is 19.5. The van der Waals surface area contributed by atoms with Crippen LogP contribution in [0.25, 0.3) is 23.0 Å². The molecule has 0 unspecified atom stereocenters. The van der Waals surface area contributed by atoms with Crippen LogP contribution in [-0.2, 0) is 10.2 Å². The fourth-order valence-corrected chi connectivity index (χ4v) is 5.82. The predicted molar refractivity (Wildman–Crippen MR) is 152 cm³/mol. The first-order valence-electron chi connectivity index (χ1n) is 13.1. The van der Waals surface area contributed by atoms with Gasteiger partial charge in [0.2, 0.25) is 5.91 Å². The van der Waals surface area contributed by atoms with Gasteiger partial charge in [0.25, 0.3) is 0 Å². The molecule has 1 saturated heterocycles. The third-order valence-corrected chi connectivity index (χ3v) is 7.83. The average molecular weight is 505 g/mol. The summed E-state index contributed by atoms with van der Waals surface area (Å²) < 4.78 is 7.56. The van der Waals surface area contributed by atoms with Gasteiger partial charge in [-0.15, -0.1) is 0 Å². The maximum absolute atomic E-state index is 12.8. The second-order valence-electron chi connectivity index (χ2n) is 10.6. The van der Waals surface area contributed by atoms with E-state index in [2.05, 4.69) is 67.5 Å². The molecular weight excluding hydrogens is 472 g/mol. The zero-order valence-corrected chi connectivity index (χ0v) is 22.2. The maximum Gasteiger partial charge on any atom is 0.241 e. The van der Waals surface area contributed by atoms with E-state index in [1.54, 1.807) is 0 Å². The second-order valence-corrected chi connectivity index (χ2v) is 10.6. The molecule has 4 aromatic rings. The molecule has 0 radical (unpaired) electrons. The molecule has 6 rings (SSSR count). The molecule has 1 atom stereocenters. The van der Waals surface area contributed by atoms with Crippen LogP contribution in [0.5, 0.6) is 5.75 Å². The number of aromatic nitrogens is 2. The molecule has 0 saturated carbocycles.